The van der Waals surface area contributed by atoms with Gasteiger partial charge < -0.3 is 0 Å². The Kier molecular flexibility index (Phi) is 2.57. The van der Waals surface area contributed by atoms with Gasteiger partial charge in [-0.3, -0.25) is 0 Å². The first-order chi connectivity index (χ1) is 8.11. The third-order valence-corrected chi connectivity index (χ3v) is 5.47. The molecule has 0 saturated heterocycles. The number of hydrogen-bond acceptors (Lipinski definition) is 0. The SMILES string of the molecule is Cc1ccc2c(c1)C1(C)CCCC(C)C1CC2. The number of hydrogen-bond donors (Lipinski definition) is 0. The van der Waals surface area contributed by atoms with Crippen LogP contribution in [0.2, 0.25) is 0 Å². The van der Waals surface area contributed by atoms with E-state index in [1.54, 1.807) is 11.1 Å². The second kappa shape index (κ2) is 3.86. The summed E-state index contributed by atoms with van der Waals surface area (Å²) in [7, 11) is 0. The molecule has 0 N–H and O–H groups in total. The van der Waals surface area contributed by atoms with Gasteiger partial charge in [0.25, 0.3) is 0 Å². The Bertz CT molecular complexity index is 432. The van der Waals surface area contributed by atoms with Gasteiger partial charge in [-0.25, -0.2) is 0 Å². The summed E-state index contributed by atoms with van der Waals surface area (Å²) in [5.41, 5.74) is 5.21. The Morgan fingerprint density at radius 2 is 2.06 bits per heavy atom. The van der Waals surface area contributed by atoms with Crippen LogP contribution in [0.5, 0.6) is 0 Å². The van der Waals surface area contributed by atoms with Crippen LogP contribution in [0.15, 0.2) is 18.2 Å². The van der Waals surface area contributed by atoms with E-state index >= 15 is 0 Å². The summed E-state index contributed by atoms with van der Waals surface area (Å²) in [6.07, 6.45) is 6.98. The smallest absolute Gasteiger partial charge is 0.00416 e. The molecule has 2 aliphatic carbocycles. The van der Waals surface area contributed by atoms with Crippen molar-refractivity contribution in [1.29, 1.82) is 0 Å². The maximum Gasteiger partial charge on any atom is -0.00416 e. The first-order valence-electron chi connectivity index (χ1n) is 7.21. The van der Waals surface area contributed by atoms with Crippen LogP contribution < -0.4 is 0 Å². The van der Waals surface area contributed by atoms with Crippen LogP contribution in [0.25, 0.3) is 0 Å². The van der Waals surface area contributed by atoms with Crippen molar-refractivity contribution in [2.45, 2.75) is 58.3 Å². The van der Waals surface area contributed by atoms with Crippen LogP contribution in [0.1, 0.15) is 56.2 Å². The fraction of sp³-hybridized carbons (Fsp3) is 0.647. The van der Waals surface area contributed by atoms with Crippen molar-refractivity contribution in [3.05, 3.63) is 34.9 Å². The highest BCUT2D eigenvalue weighted by molar-refractivity contribution is 5.40. The summed E-state index contributed by atoms with van der Waals surface area (Å²) in [6.45, 7) is 7.24. The molecule has 0 nitrogen and oxygen atoms in total. The summed E-state index contributed by atoms with van der Waals surface area (Å²) in [4.78, 5) is 0. The van der Waals surface area contributed by atoms with Crippen LogP contribution in [-0.2, 0) is 11.8 Å². The third kappa shape index (κ3) is 1.64. The van der Waals surface area contributed by atoms with E-state index in [9.17, 15) is 0 Å². The topological polar surface area (TPSA) is 0 Å². The Morgan fingerprint density at radius 3 is 2.88 bits per heavy atom. The highest BCUT2D eigenvalue weighted by atomic mass is 14.5. The highest BCUT2D eigenvalue weighted by Crippen LogP contribution is 2.52. The van der Waals surface area contributed by atoms with Crippen LogP contribution in [0.3, 0.4) is 0 Å². The van der Waals surface area contributed by atoms with Crippen molar-refractivity contribution in [1.82, 2.24) is 0 Å². The van der Waals surface area contributed by atoms with Crippen molar-refractivity contribution in [2.24, 2.45) is 11.8 Å². The van der Waals surface area contributed by atoms with Gasteiger partial charge in [-0.05, 0) is 54.6 Å². The maximum atomic E-state index is 2.53. The number of aryl methyl sites for hydroxylation is 2. The summed E-state index contributed by atoms with van der Waals surface area (Å²) in [6, 6.07) is 7.14. The molecule has 3 rings (SSSR count). The van der Waals surface area contributed by atoms with Crippen LogP contribution in [0, 0.1) is 18.8 Å². The lowest BCUT2D eigenvalue weighted by Gasteiger charge is -2.49. The van der Waals surface area contributed by atoms with E-state index in [-0.39, 0.29) is 0 Å². The molecule has 0 aromatic heterocycles. The second-order valence-electron chi connectivity index (χ2n) is 6.59. The van der Waals surface area contributed by atoms with Crippen LogP contribution in [-0.4, -0.2) is 0 Å². The first-order valence-corrected chi connectivity index (χ1v) is 7.21. The zero-order chi connectivity index (χ0) is 12.0. The first kappa shape index (κ1) is 11.3. The minimum absolute atomic E-state index is 0.470. The minimum atomic E-state index is 0.470. The molecule has 0 radical (unpaired) electrons. The molecule has 0 bridgehead atoms. The average molecular weight is 228 g/mol. The van der Waals surface area contributed by atoms with Gasteiger partial charge in [0.2, 0.25) is 0 Å². The third-order valence-electron chi connectivity index (χ3n) is 5.47. The molecule has 1 fully saturated rings. The predicted octanol–water partition coefficient (Wildman–Crippen LogP) is 4.64. The molecule has 0 amide bonds. The largest absolute Gasteiger partial charge is 0.0622 e. The van der Waals surface area contributed by atoms with Gasteiger partial charge in [0.05, 0.1) is 0 Å². The monoisotopic (exact) mass is 228 g/mol. The van der Waals surface area contributed by atoms with Crippen molar-refractivity contribution >= 4 is 0 Å². The van der Waals surface area contributed by atoms with Gasteiger partial charge >= 0.3 is 0 Å². The Balaban J connectivity index is 2.11. The molecule has 2 aliphatic rings. The van der Waals surface area contributed by atoms with E-state index in [1.807, 2.05) is 0 Å². The zero-order valence-electron chi connectivity index (χ0n) is 11.4. The number of rotatable bonds is 0. The second-order valence-corrected chi connectivity index (χ2v) is 6.59. The lowest BCUT2D eigenvalue weighted by molar-refractivity contribution is 0.118. The highest BCUT2D eigenvalue weighted by Gasteiger charge is 2.44. The molecule has 0 spiro atoms. The fourth-order valence-corrected chi connectivity index (χ4v) is 4.49. The Morgan fingerprint density at radius 1 is 1.24 bits per heavy atom. The molecule has 0 aliphatic heterocycles. The van der Waals surface area contributed by atoms with Gasteiger partial charge in [0, 0.05) is 0 Å². The summed E-state index contributed by atoms with van der Waals surface area (Å²) in [5, 5.41) is 0. The molecular formula is C17H24. The molecule has 1 saturated carbocycles. The molecule has 92 valence electrons. The number of fused-ring (bicyclic) bond motifs is 3. The van der Waals surface area contributed by atoms with E-state index in [0.717, 1.165) is 11.8 Å². The molecule has 1 aromatic carbocycles. The summed E-state index contributed by atoms with van der Waals surface area (Å²) >= 11 is 0. The summed E-state index contributed by atoms with van der Waals surface area (Å²) in [5.74, 6) is 1.84. The lowest BCUT2D eigenvalue weighted by atomic mass is 9.55. The standard InChI is InChI=1S/C17H24/c1-12-6-7-14-8-9-15-13(2)5-4-10-17(15,3)16(14)11-12/h6-7,11,13,15H,4-5,8-10H2,1-3H3. The average Bonchev–Trinajstić information content (AvgIpc) is 2.29. The van der Waals surface area contributed by atoms with Gasteiger partial charge in [-0.15, -0.1) is 0 Å². The quantitative estimate of drug-likeness (QED) is 0.607. The van der Waals surface area contributed by atoms with E-state index in [2.05, 4.69) is 39.0 Å². The van der Waals surface area contributed by atoms with Crippen LogP contribution >= 0.6 is 0 Å². The van der Waals surface area contributed by atoms with Gasteiger partial charge in [-0.1, -0.05) is 50.5 Å². The van der Waals surface area contributed by atoms with E-state index < -0.39 is 0 Å². The number of benzene rings is 1. The molecule has 0 heterocycles. The Hall–Kier alpha value is -0.780. The summed E-state index contributed by atoms with van der Waals surface area (Å²) < 4.78 is 0. The van der Waals surface area contributed by atoms with Crippen LogP contribution in [0.4, 0.5) is 0 Å². The van der Waals surface area contributed by atoms with Gasteiger partial charge in [0.1, 0.15) is 0 Å². The van der Waals surface area contributed by atoms with E-state index in [1.165, 1.54) is 37.7 Å². The van der Waals surface area contributed by atoms with Crippen molar-refractivity contribution < 1.29 is 0 Å². The molecule has 17 heavy (non-hydrogen) atoms. The molecule has 3 unspecified atom stereocenters. The molecule has 3 atom stereocenters. The minimum Gasteiger partial charge on any atom is -0.0622 e. The van der Waals surface area contributed by atoms with E-state index in [0.29, 0.717) is 5.41 Å². The normalized spacial score (nSPS) is 36.2. The van der Waals surface area contributed by atoms with Crippen molar-refractivity contribution in [3.63, 3.8) is 0 Å². The fourth-order valence-electron chi connectivity index (χ4n) is 4.49. The van der Waals surface area contributed by atoms with E-state index in [4.69, 9.17) is 0 Å². The predicted molar refractivity (Wildman–Crippen MR) is 73.4 cm³/mol. The maximum absolute atomic E-state index is 2.53. The van der Waals surface area contributed by atoms with Gasteiger partial charge in [0.15, 0.2) is 0 Å². The lowest BCUT2D eigenvalue weighted by Crippen LogP contribution is -2.43. The van der Waals surface area contributed by atoms with Gasteiger partial charge in [-0.2, -0.15) is 0 Å². The Labute approximate surface area is 105 Å². The van der Waals surface area contributed by atoms with Crippen molar-refractivity contribution in [3.8, 4) is 0 Å². The van der Waals surface area contributed by atoms with Crippen molar-refractivity contribution in [2.75, 3.05) is 0 Å². The molecule has 0 heteroatoms. The molecule has 1 aromatic rings. The molecular weight excluding hydrogens is 204 g/mol. The zero-order valence-corrected chi connectivity index (χ0v) is 11.4.